The smallest absolute Gasteiger partial charge is 0.344 e. The molecule has 1 aromatic rings. The first kappa shape index (κ1) is 15.7. The third kappa shape index (κ3) is 2.54. The molecule has 24 heavy (non-hydrogen) atoms. The highest BCUT2D eigenvalue weighted by Crippen LogP contribution is 2.60. The van der Waals surface area contributed by atoms with E-state index < -0.39 is 29.8 Å². The summed E-state index contributed by atoms with van der Waals surface area (Å²) in [6.45, 7) is -0.390. The van der Waals surface area contributed by atoms with Crippen LogP contribution in [0.3, 0.4) is 0 Å². The van der Waals surface area contributed by atoms with Gasteiger partial charge in [0.05, 0.1) is 0 Å². The van der Waals surface area contributed by atoms with Gasteiger partial charge in [-0.05, 0) is 68.4 Å². The Kier molecular flexibility index (Phi) is 3.70. The van der Waals surface area contributed by atoms with Crippen molar-refractivity contribution in [1.29, 1.82) is 0 Å². The minimum absolute atomic E-state index is 0.0771. The van der Waals surface area contributed by atoms with Crippen LogP contribution in [0.2, 0.25) is 0 Å². The van der Waals surface area contributed by atoms with Gasteiger partial charge in [-0.15, -0.1) is 0 Å². The van der Waals surface area contributed by atoms with Crippen LogP contribution in [-0.4, -0.2) is 18.4 Å². The summed E-state index contributed by atoms with van der Waals surface area (Å²) < 4.78 is 32.2. The van der Waals surface area contributed by atoms with E-state index in [1.165, 1.54) is 25.3 Å². The van der Waals surface area contributed by atoms with Crippen LogP contribution in [0, 0.1) is 34.8 Å². The second-order valence-corrected chi connectivity index (χ2v) is 7.79. The molecule has 0 radical (unpaired) electrons. The van der Waals surface area contributed by atoms with Gasteiger partial charge in [0.25, 0.3) is 0 Å². The lowest BCUT2D eigenvalue weighted by atomic mass is 9.48. The van der Waals surface area contributed by atoms with Crippen molar-refractivity contribution in [3.63, 3.8) is 0 Å². The number of ether oxygens (including phenoxy) is 1. The van der Waals surface area contributed by atoms with Crippen LogP contribution >= 0.6 is 0 Å². The largest absolute Gasteiger partial charge is 0.454 e. The molecule has 0 heterocycles. The molecule has 4 fully saturated rings. The third-order valence-corrected chi connectivity index (χ3v) is 6.13. The summed E-state index contributed by atoms with van der Waals surface area (Å²) in [4.78, 5) is 24.7. The van der Waals surface area contributed by atoms with Crippen LogP contribution in [0.25, 0.3) is 0 Å². The average Bonchev–Trinajstić information content (AvgIpc) is 2.51. The lowest BCUT2D eigenvalue weighted by Gasteiger charge is -2.55. The van der Waals surface area contributed by atoms with Crippen LogP contribution in [0.4, 0.5) is 8.78 Å². The summed E-state index contributed by atoms with van der Waals surface area (Å²) in [5, 5.41) is 0. The number of Topliss-reactive ketones (excluding diaryl/α,β-unsaturated/α-hetero) is 1. The van der Waals surface area contributed by atoms with E-state index in [0.29, 0.717) is 17.8 Å². The fourth-order valence-corrected chi connectivity index (χ4v) is 5.50. The normalized spacial score (nSPS) is 33.5. The van der Waals surface area contributed by atoms with Gasteiger partial charge in [-0.3, -0.25) is 4.79 Å². The Balaban J connectivity index is 1.45. The van der Waals surface area contributed by atoms with Crippen molar-refractivity contribution in [1.82, 2.24) is 0 Å². The number of halogens is 2. The van der Waals surface area contributed by atoms with Crippen molar-refractivity contribution >= 4 is 11.8 Å². The Hall–Kier alpha value is -1.78. The number of benzene rings is 1. The van der Waals surface area contributed by atoms with E-state index in [0.717, 1.165) is 31.4 Å². The Bertz CT molecular complexity index is 642. The number of hydrogen-bond donors (Lipinski definition) is 0. The van der Waals surface area contributed by atoms with Crippen LogP contribution in [0.15, 0.2) is 18.2 Å². The number of carbonyl (C=O) groups is 2. The first-order valence-electron chi connectivity index (χ1n) is 8.61. The first-order chi connectivity index (χ1) is 11.5. The zero-order chi connectivity index (χ0) is 16.9. The van der Waals surface area contributed by atoms with E-state index in [1.807, 2.05) is 0 Å². The molecule has 128 valence electrons. The molecule has 0 spiro atoms. The van der Waals surface area contributed by atoms with E-state index >= 15 is 0 Å². The second kappa shape index (κ2) is 5.64. The number of rotatable bonds is 4. The zero-order valence-electron chi connectivity index (χ0n) is 13.4. The highest BCUT2D eigenvalue weighted by atomic mass is 19.1. The lowest BCUT2D eigenvalue weighted by Crippen LogP contribution is -2.51. The molecule has 4 bridgehead atoms. The summed E-state index contributed by atoms with van der Waals surface area (Å²) in [6.07, 6.45) is 6.28. The minimum atomic E-state index is -1.11. The van der Waals surface area contributed by atoms with Gasteiger partial charge in [0.15, 0.2) is 12.4 Å². The summed E-state index contributed by atoms with van der Waals surface area (Å²) in [7, 11) is 0. The second-order valence-electron chi connectivity index (χ2n) is 7.79. The van der Waals surface area contributed by atoms with Crippen LogP contribution < -0.4 is 0 Å². The molecule has 0 aliphatic heterocycles. The fraction of sp³-hybridized carbons (Fsp3) is 0.579. The van der Waals surface area contributed by atoms with Crippen molar-refractivity contribution in [2.45, 2.75) is 38.5 Å². The van der Waals surface area contributed by atoms with Gasteiger partial charge in [0, 0.05) is 5.41 Å². The number of esters is 1. The number of carbonyl (C=O) groups excluding carboxylic acids is 2. The summed E-state index contributed by atoms with van der Waals surface area (Å²) in [5.74, 6) is -1.29. The monoisotopic (exact) mass is 334 g/mol. The predicted molar refractivity (Wildman–Crippen MR) is 82.3 cm³/mol. The topological polar surface area (TPSA) is 43.4 Å². The third-order valence-electron chi connectivity index (χ3n) is 6.13. The molecule has 0 amide bonds. The van der Waals surface area contributed by atoms with E-state index in [2.05, 4.69) is 0 Å². The standard InChI is InChI=1S/C19H20F2O3/c20-14-2-1-3-15(21)17(14)18(23)24-10-16(22)19-7-11-4-12(8-19)6-13(5-11)9-19/h1-3,11-13H,4-10H2. The van der Waals surface area contributed by atoms with E-state index in [9.17, 15) is 18.4 Å². The Morgan fingerprint density at radius 3 is 2.00 bits per heavy atom. The van der Waals surface area contributed by atoms with Crippen molar-refractivity contribution in [3.8, 4) is 0 Å². The van der Waals surface area contributed by atoms with Crippen molar-refractivity contribution in [3.05, 3.63) is 35.4 Å². The molecule has 5 rings (SSSR count). The quantitative estimate of drug-likeness (QED) is 0.784. The van der Waals surface area contributed by atoms with Gasteiger partial charge in [-0.25, -0.2) is 13.6 Å². The van der Waals surface area contributed by atoms with Gasteiger partial charge in [-0.2, -0.15) is 0 Å². The van der Waals surface area contributed by atoms with Gasteiger partial charge in [0.1, 0.15) is 17.2 Å². The van der Waals surface area contributed by atoms with Crippen molar-refractivity contribution in [2.24, 2.45) is 23.2 Å². The molecule has 4 aliphatic rings. The molecular weight excluding hydrogens is 314 g/mol. The Morgan fingerprint density at radius 2 is 1.50 bits per heavy atom. The summed E-state index contributed by atoms with van der Waals surface area (Å²) in [5.41, 5.74) is -1.10. The van der Waals surface area contributed by atoms with E-state index in [1.54, 1.807) is 0 Å². The Morgan fingerprint density at radius 1 is 1.00 bits per heavy atom. The molecule has 0 N–H and O–H groups in total. The molecule has 3 nitrogen and oxygen atoms in total. The molecule has 0 aromatic heterocycles. The van der Waals surface area contributed by atoms with Crippen LogP contribution in [0.1, 0.15) is 48.9 Å². The van der Waals surface area contributed by atoms with Crippen molar-refractivity contribution < 1.29 is 23.1 Å². The summed E-state index contributed by atoms with van der Waals surface area (Å²) in [6, 6.07) is 3.18. The maximum atomic E-state index is 13.6. The van der Waals surface area contributed by atoms with Gasteiger partial charge >= 0.3 is 5.97 Å². The van der Waals surface area contributed by atoms with Crippen molar-refractivity contribution in [2.75, 3.05) is 6.61 Å². The van der Waals surface area contributed by atoms with Gasteiger partial charge < -0.3 is 4.74 Å². The predicted octanol–water partition coefficient (Wildman–Crippen LogP) is 3.91. The average molecular weight is 334 g/mol. The number of ketones is 1. The lowest BCUT2D eigenvalue weighted by molar-refractivity contribution is -0.147. The van der Waals surface area contributed by atoms with Crippen LogP contribution in [0.5, 0.6) is 0 Å². The first-order valence-corrected chi connectivity index (χ1v) is 8.61. The van der Waals surface area contributed by atoms with Gasteiger partial charge in [0.2, 0.25) is 0 Å². The zero-order valence-corrected chi connectivity index (χ0v) is 13.4. The van der Waals surface area contributed by atoms with E-state index in [-0.39, 0.29) is 11.2 Å². The maximum Gasteiger partial charge on any atom is 0.344 e. The highest BCUT2D eigenvalue weighted by Gasteiger charge is 2.54. The molecule has 5 heteroatoms. The highest BCUT2D eigenvalue weighted by molar-refractivity contribution is 5.93. The summed E-state index contributed by atoms with van der Waals surface area (Å²) >= 11 is 0. The Labute approximate surface area is 139 Å². The molecule has 1 aromatic carbocycles. The molecule has 4 aliphatic carbocycles. The fourth-order valence-electron chi connectivity index (χ4n) is 5.50. The molecule has 4 saturated carbocycles. The molecule has 0 atom stereocenters. The van der Waals surface area contributed by atoms with Crippen LogP contribution in [-0.2, 0) is 9.53 Å². The number of hydrogen-bond acceptors (Lipinski definition) is 3. The molecule has 0 saturated heterocycles. The molecule has 0 unspecified atom stereocenters. The maximum absolute atomic E-state index is 13.6. The minimum Gasteiger partial charge on any atom is -0.454 e. The SMILES string of the molecule is O=C(OCC(=O)C12CC3CC(CC(C3)C1)C2)c1c(F)cccc1F. The van der Waals surface area contributed by atoms with Gasteiger partial charge in [-0.1, -0.05) is 6.07 Å². The van der Waals surface area contributed by atoms with E-state index in [4.69, 9.17) is 4.74 Å². The molecular formula is C19H20F2O3.